The van der Waals surface area contributed by atoms with E-state index in [-0.39, 0.29) is 5.75 Å². The number of aryl methyl sites for hydroxylation is 1. The van der Waals surface area contributed by atoms with Crippen molar-refractivity contribution in [2.45, 2.75) is 26.1 Å². The fraction of sp³-hybridized carbons (Fsp3) is 0.400. The largest absolute Gasteiger partial charge is 0.573 e. The topological polar surface area (TPSA) is 9.23 Å². The summed E-state index contributed by atoms with van der Waals surface area (Å²) in [7, 11) is 0. The summed E-state index contributed by atoms with van der Waals surface area (Å²) in [6, 6.07) is 6.93. The van der Waals surface area contributed by atoms with E-state index in [1.807, 2.05) is 6.92 Å². The van der Waals surface area contributed by atoms with Gasteiger partial charge in [-0.3, -0.25) is 0 Å². The second kappa shape index (κ2) is 4.35. The van der Waals surface area contributed by atoms with Gasteiger partial charge in [-0.1, -0.05) is 25.5 Å². The number of hydrogen-bond acceptors (Lipinski definition) is 1. The van der Waals surface area contributed by atoms with E-state index in [0.29, 0.717) is 12.0 Å². The van der Waals surface area contributed by atoms with Crippen LogP contribution in [0.15, 0.2) is 18.2 Å². The van der Waals surface area contributed by atoms with E-state index >= 15 is 0 Å². The Balaban J connectivity index is 2.84. The van der Waals surface area contributed by atoms with Gasteiger partial charge in [0.1, 0.15) is 5.75 Å². The summed E-state index contributed by atoms with van der Waals surface area (Å²) in [6.45, 7) is 1.90. The van der Waals surface area contributed by atoms with Crippen molar-refractivity contribution in [2.24, 2.45) is 0 Å². The molecule has 0 saturated carbocycles. The average molecular weight is 203 g/mol. The summed E-state index contributed by atoms with van der Waals surface area (Å²) in [4.78, 5) is 0. The van der Waals surface area contributed by atoms with Crippen molar-refractivity contribution in [1.29, 1.82) is 0 Å². The Bertz CT molecular complexity index is 294. The molecule has 0 heterocycles. The van der Waals surface area contributed by atoms with E-state index in [1.54, 1.807) is 12.1 Å². The smallest absolute Gasteiger partial charge is 0.405 e. The normalized spacial score (nSPS) is 11.4. The zero-order valence-electron chi connectivity index (χ0n) is 7.69. The summed E-state index contributed by atoms with van der Waals surface area (Å²) < 4.78 is 39.6. The van der Waals surface area contributed by atoms with E-state index in [2.05, 4.69) is 10.8 Å². The molecule has 0 aliphatic heterocycles. The minimum atomic E-state index is -4.63. The number of halogens is 3. The molecule has 77 valence electrons. The van der Waals surface area contributed by atoms with Gasteiger partial charge in [-0.25, -0.2) is 0 Å². The summed E-state index contributed by atoms with van der Waals surface area (Å²) in [5, 5.41) is 0. The van der Waals surface area contributed by atoms with Crippen LogP contribution in [0.2, 0.25) is 0 Å². The molecule has 0 spiro atoms. The number of benzene rings is 1. The Morgan fingerprint density at radius 1 is 1.43 bits per heavy atom. The Kier molecular flexibility index (Phi) is 3.38. The van der Waals surface area contributed by atoms with Crippen LogP contribution >= 0.6 is 0 Å². The Morgan fingerprint density at radius 2 is 2.14 bits per heavy atom. The number of rotatable bonds is 3. The van der Waals surface area contributed by atoms with Crippen LogP contribution < -0.4 is 4.74 Å². The average Bonchev–Trinajstić information content (AvgIpc) is 2.06. The van der Waals surface area contributed by atoms with Crippen molar-refractivity contribution >= 4 is 0 Å². The van der Waals surface area contributed by atoms with Crippen LogP contribution in [-0.2, 0) is 6.42 Å². The second-order valence-corrected chi connectivity index (χ2v) is 2.83. The fourth-order valence-corrected chi connectivity index (χ4v) is 1.14. The van der Waals surface area contributed by atoms with Gasteiger partial charge < -0.3 is 4.74 Å². The van der Waals surface area contributed by atoms with Crippen molar-refractivity contribution in [2.75, 3.05) is 0 Å². The molecule has 4 heteroatoms. The number of alkyl halides is 3. The van der Waals surface area contributed by atoms with Crippen LogP contribution in [0.1, 0.15) is 18.9 Å². The van der Waals surface area contributed by atoms with Gasteiger partial charge in [-0.05, 0) is 24.1 Å². The quantitative estimate of drug-likeness (QED) is 0.732. The van der Waals surface area contributed by atoms with E-state index in [9.17, 15) is 13.2 Å². The van der Waals surface area contributed by atoms with Crippen molar-refractivity contribution < 1.29 is 17.9 Å². The molecule has 0 saturated heterocycles. The Hall–Kier alpha value is -1.19. The van der Waals surface area contributed by atoms with Crippen molar-refractivity contribution in [3.8, 4) is 5.75 Å². The van der Waals surface area contributed by atoms with Gasteiger partial charge in [0, 0.05) is 0 Å². The molecule has 14 heavy (non-hydrogen) atoms. The fourth-order valence-electron chi connectivity index (χ4n) is 1.14. The SMILES string of the molecule is CCCc1cc[c]cc1OC(F)(F)F. The van der Waals surface area contributed by atoms with Gasteiger partial charge in [-0.15, -0.1) is 13.2 Å². The first-order chi connectivity index (χ1) is 6.53. The van der Waals surface area contributed by atoms with Crippen LogP contribution in [0.25, 0.3) is 0 Å². The predicted octanol–water partition coefficient (Wildman–Crippen LogP) is 3.34. The van der Waals surface area contributed by atoms with Gasteiger partial charge in [0.2, 0.25) is 0 Å². The van der Waals surface area contributed by atoms with Crippen LogP contribution in [0.3, 0.4) is 0 Å². The van der Waals surface area contributed by atoms with E-state index in [4.69, 9.17) is 0 Å². The summed E-state index contributed by atoms with van der Waals surface area (Å²) in [5.74, 6) is -0.151. The molecule has 1 nitrogen and oxygen atoms in total. The van der Waals surface area contributed by atoms with Crippen molar-refractivity contribution in [3.05, 3.63) is 29.8 Å². The lowest BCUT2D eigenvalue weighted by Gasteiger charge is -2.12. The van der Waals surface area contributed by atoms with Crippen LogP contribution in [-0.4, -0.2) is 6.36 Å². The lowest BCUT2D eigenvalue weighted by Crippen LogP contribution is -2.18. The molecule has 0 fully saturated rings. The zero-order valence-corrected chi connectivity index (χ0v) is 7.69. The second-order valence-electron chi connectivity index (χ2n) is 2.83. The lowest BCUT2D eigenvalue weighted by molar-refractivity contribution is -0.274. The van der Waals surface area contributed by atoms with Crippen LogP contribution in [0.4, 0.5) is 13.2 Å². The number of ether oxygens (including phenoxy) is 1. The molecule has 0 atom stereocenters. The molecule has 0 aliphatic carbocycles. The first-order valence-electron chi connectivity index (χ1n) is 4.27. The molecular weight excluding hydrogens is 193 g/mol. The van der Waals surface area contributed by atoms with E-state index in [0.717, 1.165) is 6.42 Å². The minimum Gasteiger partial charge on any atom is -0.405 e. The monoisotopic (exact) mass is 203 g/mol. The Morgan fingerprint density at radius 3 is 2.71 bits per heavy atom. The third kappa shape index (κ3) is 3.28. The van der Waals surface area contributed by atoms with Gasteiger partial charge in [0.15, 0.2) is 0 Å². The molecule has 0 amide bonds. The summed E-state index contributed by atoms with van der Waals surface area (Å²) >= 11 is 0. The van der Waals surface area contributed by atoms with Gasteiger partial charge in [0.05, 0.1) is 0 Å². The predicted molar refractivity (Wildman–Crippen MR) is 46.0 cm³/mol. The molecule has 1 aromatic carbocycles. The molecule has 0 aromatic heterocycles. The maximum Gasteiger partial charge on any atom is 0.573 e. The van der Waals surface area contributed by atoms with Gasteiger partial charge in [0.25, 0.3) is 0 Å². The summed E-state index contributed by atoms with van der Waals surface area (Å²) in [5.41, 5.74) is 0.559. The maximum atomic E-state index is 11.9. The molecule has 0 aliphatic rings. The Labute approximate surface area is 80.5 Å². The van der Waals surface area contributed by atoms with E-state index < -0.39 is 6.36 Å². The molecule has 0 N–H and O–H groups in total. The molecule has 1 aromatic rings. The van der Waals surface area contributed by atoms with Gasteiger partial charge >= 0.3 is 6.36 Å². The van der Waals surface area contributed by atoms with Crippen LogP contribution in [0, 0.1) is 6.07 Å². The molecular formula is C10H10F3O. The summed E-state index contributed by atoms with van der Waals surface area (Å²) in [6.07, 6.45) is -3.28. The molecule has 1 rings (SSSR count). The highest BCUT2D eigenvalue weighted by Crippen LogP contribution is 2.26. The van der Waals surface area contributed by atoms with Gasteiger partial charge in [-0.2, -0.15) is 0 Å². The standard InChI is InChI=1S/C10H10F3O/c1-2-5-8-6-3-4-7-9(8)14-10(11,12)13/h3,6-7H,2,5H2,1H3. The molecule has 0 bridgehead atoms. The zero-order chi connectivity index (χ0) is 10.6. The van der Waals surface area contributed by atoms with Crippen molar-refractivity contribution in [1.82, 2.24) is 0 Å². The third-order valence-electron chi connectivity index (χ3n) is 1.66. The number of hydrogen-bond donors (Lipinski definition) is 0. The van der Waals surface area contributed by atoms with E-state index in [1.165, 1.54) is 6.07 Å². The highest BCUT2D eigenvalue weighted by molar-refractivity contribution is 5.32. The van der Waals surface area contributed by atoms with Crippen LogP contribution in [0.5, 0.6) is 5.75 Å². The highest BCUT2D eigenvalue weighted by Gasteiger charge is 2.31. The van der Waals surface area contributed by atoms with Crippen molar-refractivity contribution in [3.63, 3.8) is 0 Å². The molecule has 0 unspecified atom stereocenters. The first-order valence-corrected chi connectivity index (χ1v) is 4.27. The maximum absolute atomic E-state index is 11.9. The third-order valence-corrected chi connectivity index (χ3v) is 1.66. The lowest BCUT2D eigenvalue weighted by atomic mass is 10.1. The highest BCUT2D eigenvalue weighted by atomic mass is 19.4. The first kappa shape index (κ1) is 10.9. The molecule has 1 radical (unpaired) electrons. The minimum absolute atomic E-state index is 0.151.